The average molecular weight is 285 g/mol. The first kappa shape index (κ1) is 19.9. The maximum absolute atomic E-state index is 2.66. The molecule has 0 aliphatic carbocycles. The van der Waals surface area contributed by atoms with Gasteiger partial charge in [-0.15, -0.1) is 0 Å². The van der Waals surface area contributed by atoms with Crippen LogP contribution in [0.2, 0.25) is 0 Å². The summed E-state index contributed by atoms with van der Waals surface area (Å²) in [7, 11) is 0. The van der Waals surface area contributed by atoms with Crippen LogP contribution < -0.4 is 0 Å². The molecule has 0 aromatic heterocycles. The summed E-state index contributed by atoms with van der Waals surface area (Å²) in [5.74, 6) is 3.05. The van der Waals surface area contributed by atoms with Gasteiger partial charge >= 0.3 is 0 Å². The first-order chi connectivity index (χ1) is 9.20. The fraction of sp³-hybridized carbons (Fsp3) is 1.00. The van der Waals surface area contributed by atoms with E-state index < -0.39 is 0 Å². The Bertz CT molecular complexity index is 177. The predicted molar refractivity (Wildman–Crippen MR) is 92.2 cm³/mol. The highest BCUT2D eigenvalue weighted by Crippen LogP contribution is 2.07. The lowest BCUT2D eigenvalue weighted by atomic mass is 10.1. The van der Waals surface area contributed by atoms with Crippen molar-refractivity contribution in [2.75, 3.05) is 39.3 Å². The Hall–Kier alpha value is -0.0800. The first-order valence-electron chi connectivity index (χ1n) is 8.65. The van der Waals surface area contributed by atoms with Gasteiger partial charge in [-0.25, -0.2) is 0 Å². The standard InChI is InChI=1S/C18H40N2/c1-15(2)11-19(12-16(3)4)9-10-20(13-17(5)6)14-18(7)8/h15-18H,9-14H2,1-8H3. The van der Waals surface area contributed by atoms with Gasteiger partial charge in [-0.05, 0) is 23.7 Å². The van der Waals surface area contributed by atoms with E-state index in [0.29, 0.717) is 0 Å². The Morgan fingerprint density at radius 2 is 0.650 bits per heavy atom. The number of hydrogen-bond donors (Lipinski definition) is 0. The summed E-state index contributed by atoms with van der Waals surface area (Å²) in [6.45, 7) is 26.0. The van der Waals surface area contributed by atoms with Crippen molar-refractivity contribution in [2.24, 2.45) is 23.7 Å². The van der Waals surface area contributed by atoms with Crippen LogP contribution in [0.4, 0.5) is 0 Å². The molecular formula is C18H40N2. The number of rotatable bonds is 11. The summed E-state index contributed by atoms with van der Waals surface area (Å²) < 4.78 is 0. The third-order valence-corrected chi connectivity index (χ3v) is 3.23. The highest BCUT2D eigenvalue weighted by molar-refractivity contribution is 4.68. The van der Waals surface area contributed by atoms with E-state index in [4.69, 9.17) is 0 Å². The molecule has 2 heteroatoms. The molecule has 0 bridgehead atoms. The highest BCUT2D eigenvalue weighted by atomic mass is 15.2. The van der Waals surface area contributed by atoms with E-state index in [1.54, 1.807) is 0 Å². The zero-order valence-corrected chi connectivity index (χ0v) is 15.4. The molecule has 122 valence electrons. The first-order valence-corrected chi connectivity index (χ1v) is 8.65. The molecule has 0 radical (unpaired) electrons. The molecule has 0 amide bonds. The van der Waals surface area contributed by atoms with Gasteiger partial charge < -0.3 is 9.80 Å². The second kappa shape index (κ2) is 10.6. The van der Waals surface area contributed by atoms with Gasteiger partial charge in [-0.1, -0.05) is 55.4 Å². The molecule has 0 aliphatic heterocycles. The van der Waals surface area contributed by atoms with Crippen LogP contribution in [0.3, 0.4) is 0 Å². The zero-order valence-electron chi connectivity index (χ0n) is 15.4. The van der Waals surface area contributed by atoms with Crippen LogP contribution in [0.15, 0.2) is 0 Å². The number of hydrogen-bond acceptors (Lipinski definition) is 2. The Labute approximate surface area is 128 Å². The van der Waals surface area contributed by atoms with Crippen molar-refractivity contribution in [3.8, 4) is 0 Å². The van der Waals surface area contributed by atoms with Crippen molar-refractivity contribution in [1.29, 1.82) is 0 Å². The van der Waals surface area contributed by atoms with Crippen LogP contribution in [-0.4, -0.2) is 49.1 Å². The molecule has 0 rings (SSSR count). The van der Waals surface area contributed by atoms with Crippen molar-refractivity contribution in [3.05, 3.63) is 0 Å². The lowest BCUT2D eigenvalue weighted by Crippen LogP contribution is -2.41. The van der Waals surface area contributed by atoms with E-state index in [-0.39, 0.29) is 0 Å². The number of nitrogens with zero attached hydrogens (tertiary/aromatic N) is 2. The van der Waals surface area contributed by atoms with Crippen molar-refractivity contribution >= 4 is 0 Å². The van der Waals surface area contributed by atoms with E-state index >= 15 is 0 Å². The summed E-state index contributed by atoms with van der Waals surface area (Å²) >= 11 is 0. The van der Waals surface area contributed by atoms with Gasteiger partial charge in [0.2, 0.25) is 0 Å². The van der Waals surface area contributed by atoms with Gasteiger partial charge in [0, 0.05) is 39.3 Å². The monoisotopic (exact) mass is 284 g/mol. The maximum atomic E-state index is 2.66. The second-order valence-electron chi connectivity index (χ2n) is 8.09. The van der Waals surface area contributed by atoms with E-state index in [1.165, 1.54) is 39.3 Å². The van der Waals surface area contributed by atoms with Crippen LogP contribution in [0.25, 0.3) is 0 Å². The topological polar surface area (TPSA) is 6.48 Å². The van der Waals surface area contributed by atoms with E-state index in [0.717, 1.165) is 23.7 Å². The van der Waals surface area contributed by atoms with Crippen LogP contribution in [0.5, 0.6) is 0 Å². The summed E-state index contributed by atoms with van der Waals surface area (Å²) in [6, 6.07) is 0. The summed E-state index contributed by atoms with van der Waals surface area (Å²) in [4.78, 5) is 5.31. The molecule has 0 N–H and O–H groups in total. The fourth-order valence-electron chi connectivity index (χ4n) is 2.86. The van der Waals surface area contributed by atoms with Gasteiger partial charge in [-0.2, -0.15) is 0 Å². The fourth-order valence-corrected chi connectivity index (χ4v) is 2.86. The molecule has 0 saturated carbocycles. The van der Waals surface area contributed by atoms with Crippen LogP contribution >= 0.6 is 0 Å². The van der Waals surface area contributed by atoms with Crippen molar-refractivity contribution in [2.45, 2.75) is 55.4 Å². The van der Waals surface area contributed by atoms with Crippen LogP contribution in [0.1, 0.15) is 55.4 Å². The third kappa shape index (κ3) is 11.7. The predicted octanol–water partition coefficient (Wildman–Crippen LogP) is 4.21. The average Bonchev–Trinajstić information content (AvgIpc) is 2.22. The van der Waals surface area contributed by atoms with Gasteiger partial charge in [-0.3, -0.25) is 0 Å². The molecule has 2 nitrogen and oxygen atoms in total. The smallest absolute Gasteiger partial charge is 0.0110 e. The lowest BCUT2D eigenvalue weighted by molar-refractivity contribution is 0.158. The molecule has 0 aromatic rings. The third-order valence-electron chi connectivity index (χ3n) is 3.23. The Morgan fingerprint density at radius 3 is 0.800 bits per heavy atom. The summed E-state index contributed by atoms with van der Waals surface area (Å²) in [5.41, 5.74) is 0. The molecule has 20 heavy (non-hydrogen) atoms. The highest BCUT2D eigenvalue weighted by Gasteiger charge is 2.13. The minimum atomic E-state index is 0.761. The van der Waals surface area contributed by atoms with Gasteiger partial charge in [0.15, 0.2) is 0 Å². The molecule has 0 spiro atoms. The largest absolute Gasteiger partial charge is 0.302 e. The molecule has 0 fully saturated rings. The minimum absolute atomic E-state index is 0.761. The van der Waals surface area contributed by atoms with Gasteiger partial charge in [0.1, 0.15) is 0 Å². The van der Waals surface area contributed by atoms with Crippen molar-refractivity contribution in [1.82, 2.24) is 9.80 Å². The zero-order chi connectivity index (χ0) is 15.7. The molecular weight excluding hydrogens is 244 g/mol. The molecule has 0 aromatic carbocycles. The molecule has 0 heterocycles. The van der Waals surface area contributed by atoms with Crippen molar-refractivity contribution < 1.29 is 0 Å². The Morgan fingerprint density at radius 1 is 0.450 bits per heavy atom. The molecule has 0 atom stereocenters. The molecule has 0 saturated heterocycles. The SMILES string of the molecule is CC(C)CN(CCN(CC(C)C)CC(C)C)CC(C)C. The molecule has 0 aliphatic rings. The normalized spacial score (nSPS) is 12.9. The maximum Gasteiger partial charge on any atom is 0.0110 e. The van der Waals surface area contributed by atoms with Gasteiger partial charge in [0.05, 0.1) is 0 Å². The van der Waals surface area contributed by atoms with Crippen molar-refractivity contribution in [3.63, 3.8) is 0 Å². The summed E-state index contributed by atoms with van der Waals surface area (Å²) in [5, 5.41) is 0. The Balaban J connectivity index is 4.35. The van der Waals surface area contributed by atoms with E-state index in [1.807, 2.05) is 0 Å². The molecule has 0 unspecified atom stereocenters. The van der Waals surface area contributed by atoms with Crippen LogP contribution in [-0.2, 0) is 0 Å². The lowest BCUT2D eigenvalue weighted by Gasteiger charge is -2.31. The quantitative estimate of drug-likeness (QED) is 0.560. The minimum Gasteiger partial charge on any atom is -0.302 e. The van der Waals surface area contributed by atoms with E-state index in [9.17, 15) is 0 Å². The second-order valence-corrected chi connectivity index (χ2v) is 8.09. The van der Waals surface area contributed by atoms with Crippen LogP contribution in [0, 0.1) is 23.7 Å². The summed E-state index contributed by atoms with van der Waals surface area (Å²) in [6.07, 6.45) is 0. The van der Waals surface area contributed by atoms with Gasteiger partial charge in [0.25, 0.3) is 0 Å². The van der Waals surface area contributed by atoms with E-state index in [2.05, 4.69) is 65.2 Å². The Kier molecular flexibility index (Phi) is 10.6.